The highest BCUT2D eigenvalue weighted by Gasteiger charge is 2.28. The van der Waals surface area contributed by atoms with E-state index >= 15 is 0 Å². The molecule has 0 fully saturated rings. The number of carbonyl (C=O) groups is 1. The summed E-state index contributed by atoms with van der Waals surface area (Å²) in [4.78, 5) is 14.0. The zero-order valence-corrected chi connectivity index (χ0v) is 12.3. The van der Waals surface area contributed by atoms with E-state index in [9.17, 15) is 13.2 Å². The van der Waals surface area contributed by atoms with Gasteiger partial charge in [0.05, 0.1) is 16.7 Å². The number of fused-ring (bicyclic) bond motifs is 1. The number of rotatable bonds is 2. The van der Waals surface area contributed by atoms with E-state index in [4.69, 9.17) is 21.2 Å². The van der Waals surface area contributed by atoms with E-state index in [1.165, 1.54) is 24.5 Å². The van der Waals surface area contributed by atoms with Crippen LogP contribution >= 0.6 is 11.6 Å². The number of hydrogen-bond acceptors (Lipinski definition) is 4. The maximum Gasteiger partial charge on any atom is 0.263 e. The van der Waals surface area contributed by atoms with Gasteiger partial charge in [-0.05, 0) is 47.9 Å². The lowest BCUT2D eigenvalue weighted by Gasteiger charge is -2.16. The van der Waals surface area contributed by atoms with Gasteiger partial charge in [-0.2, -0.15) is 0 Å². The molecule has 1 aliphatic rings. The summed E-state index contributed by atoms with van der Waals surface area (Å²) in [5, 5.41) is 5.14. The summed E-state index contributed by atoms with van der Waals surface area (Å²) in [6.45, 7) is 0.448. The van der Waals surface area contributed by atoms with Gasteiger partial charge in [0.1, 0.15) is 0 Å². The number of sulfonamides is 1. The molecule has 0 radical (unpaired) electrons. The lowest BCUT2D eigenvalue weighted by atomic mass is 10.2. The van der Waals surface area contributed by atoms with Crippen molar-refractivity contribution >= 4 is 33.2 Å². The van der Waals surface area contributed by atoms with Gasteiger partial charge in [0.25, 0.3) is 5.91 Å². The maximum absolute atomic E-state index is 12.4. The molecule has 1 aliphatic heterocycles. The fourth-order valence-electron chi connectivity index (χ4n) is 2.36. The first-order valence-corrected chi connectivity index (χ1v) is 8.01. The van der Waals surface area contributed by atoms with Gasteiger partial charge in [-0.25, -0.2) is 13.6 Å². The minimum Gasteiger partial charge on any atom is -0.452 e. The summed E-state index contributed by atoms with van der Waals surface area (Å²) in [5.41, 5.74) is 1.69. The van der Waals surface area contributed by atoms with Gasteiger partial charge in [0, 0.05) is 12.2 Å². The lowest BCUT2D eigenvalue weighted by Crippen LogP contribution is -2.28. The minimum absolute atomic E-state index is 0.0367. The van der Waals surface area contributed by atoms with Crippen LogP contribution in [0.15, 0.2) is 39.8 Å². The molecule has 2 heterocycles. The number of amides is 1. The normalized spacial score (nSPS) is 14.3. The van der Waals surface area contributed by atoms with Gasteiger partial charge in [-0.15, -0.1) is 0 Å². The second-order valence-corrected chi connectivity index (χ2v) is 6.56. The maximum atomic E-state index is 12.4. The second kappa shape index (κ2) is 4.87. The first kappa shape index (κ1) is 14.1. The predicted octanol–water partition coefficient (Wildman–Crippen LogP) is 1.78. The van der Waals surface area contributed by atoms with Gasteiger partial charge >= 0.3 is 0 Å². The fraction of sp³-hybridized carbons (Fsp3) is 0.154. The summed E-state index contributed by atoms with van der Waals surface area (Å²) in [6, 6.07) is 5.96. The Morgan fingerprint density at radius 1 is 1.33 bits per heavy atom. The summed E-state index contributed by atoms with van der Waals surface area (Å²) >= 11 is 5.82. The molecule has 1 aromatic carbocycles. The van der Waals surface area contributed by atoms with E-state index in [1.807, 2.05) is 0 Å². The van der Waals surface area contributed by atoms with Gasteiger partial charge < -0.3 is 9.32 Å². The summed E-state index contributed by atoms with van der Waals surface area (Å²) in [5.74, 6) is -0.282. The van der Waals surface area contributed by atoms with Crippen LogP contribution in [-0.2, 0) is 16.4 Å². The average Bonchev–Trinajstić information content (AvgIpc) is 3.02. The Kier molecular flexibility index (Phi) is 3.27. The summed E-state index contributed by atoms with van der Waals surface area (Å²) in [7, 11) is -3.75. The number of benzene rings is 1. The topological polar surface area (TPSA) is 93.6 Å². The van der Waals surface area contributed by atoms with E-state index in [0.717, 1.165) is 5.56 Å². The molecule has 6 nitrogen and oxygen atoms in total. The Labute approximate surface area is 126 Å². The van der Waals surface area contributed by atoms with E-state index in [1.54, 1.807) is 11.0 Å². The second-order valence-electron chi connectivity index (χ2n) is 4.65. The predicted molar refractivity (Wildman–Crippen MR) is 76.9 cm³/mol. The zero-order chi connectivity index (χ0) is 15.2. The molecule has 1 aromatic heterocycles. The Morgan fingerprint density at radius 2 is 2.10 bits per heavy atom. The number of carbonyl (C=O) groups excluding carboxylic acids is 1. The molecule has 2 aromatic rings. The van der Waals surface area contributed by atoms with Crippen molar-refractivity contribution < 1.29 is 17.6 Å². The molecule has 0 saturated heterocycles. The molecule has 8 heteroatoms. The van der Waals surface area contributed by atoms with Crippen molar-refractivity contribution in [1.29, 1.82) is 0 Å². The quantitative estimate of drug-likeness (QED) is 0.910. The summed E-state index contributed by atoms with van der Waals surface area (Å²) in [6.07, 6.45) is 1.90. The van der Waals surface area contributed by atoms with Gasteiger partial charge in [0.2, 0.25) is 15.2 Å². The van der Waals surface area contributed by atoms with Crippen LogP contribution in [0.4, 0.5) is 5.69 Å². The number of nitrogens with zero attached hydrogens (tertiary/aromatic N) is 1. The van der Waals surface area contributed by atoms with Crippen molar-refractivity contribution in [1.82, 2.24) is 0 Å². The number of primary sulfonamides is 1. The van der Waals surface area contributed by atoms with Crippen molar-refractivity contribution in [3.8, 4) is 0 Å². The van der Waals surface area contributed by atoms with E-state index < -0.39 is 10.0 Å². The van der Waals surface area contributed by atoms with Crippen LogP contribution in [0.1, 0.15) is 15.9 Å². The minimum atomic E-state index is -3.75. The molecule has 0 bridgehead atoms. The largest absolute Gasteiger partial charge is 0.452 e. The molecule has 0 aliphatic carbocycles. The zero-order valence-electron chi connectivity index (χ0n) is 10.7. The first-order valence-electron chi connectivity index (χ1n) is 6.08. The highest BCUT2D eigenvalue weighted by Crippen LogP contribution is 2.32. The monoisotopic (exact) mass is 326 g/mol. The van der Waals surface area contributed by atoms with Gasteiger partial charge in [-0.1, -0.05) is 0 Å². The van der Waals surface area contributed by atoms with Crippen molar-refractivity contribution in [3.05, 3.63) is 46.9 Å². The Hall–Kier alpha value is -1.83. The number of furan rings is 1. The Balaban J connectivity index is 1.98. The molecule has 1 amide bonds. The highest BCUT2D eigenvalue weighted by molar-refractivity contribution is 7.89. The standard InChI is InChI=1S/C13H11ClN2O4S/c14-12-10(4-6-20-12)13(17)16-5-3-8-7-9(21(15,18)19)1-2-11(8)16/h1-2,4,6-7H,3,5H2,(H2,15,18,19). The number of halogens is 1. The van der Waals surface area contributed by atoms with Crippen LogP contribution in [0.2, 0.25) is 5.22 Å². The molecule has 0 saturated carbocycles. The SMILES string of the molecule is NS(=O)(=O)c1ccc2c(c1)CCN2C(=O)c1ccoc1Cl. The van der Waals surface area contributed by atoms with Crippen molar-refractivity contribution in [2.24, 2.45) is 5.14 Å². The van der Waals surface area contributed by atoms with Gasteiger partial charge in [0.15, 0.2) is 0 Å². The van der Waals surface area contributed by atoms with Crippen LogP contribution in [0.3, 0.4) is 0 Å². The molecule has 0 spiro atoms. The summed E-state index contributed by atoms with van der Waals surface area (Å²) < 4.78 is 27.6. The van der Waals surface area contributed by atoms with Crippen LogP contribution in [0.25, 0.3) is 0 Å². The van der Waals surface area contributed by atoms with Crippen molar-refractivity contribution in [3.63, 3.8) is 0 Å². The van der Waals surface area contributed by atoms with Crippen LogP contribution in [0, 0.1) is 0 Å². The Bertz CT molecular complexity index is 828. The smallest absolute Gasteiger partial charge is 0.263 e. The molecule has 0 unspecified atom stereocenters. The molecule has 110 valence electrons. The molecule has 0 atom stereocenters. The fourth-order valence-corrected chi connectivity index (χ4v) is 3.12. The highest BCUT2D eigenvalue weighted by atomic mass is 35.5. The van der Waals surface area contributed by atoms with Crippen molar-refractivity contribution in [2.75, 3.05) is 11.4 Å². The molecular weight excluding hydrogens is 316 g/mol. The number of nitrogens with two attached hydrogens (primary N) is 1. The average molecular weight is 327 g/mol. The molecule has 2 N–H and O–H groups in total. The third kappa shape index (κ3) is 2.44. The lowest BCUT2D eigenvalue weighted by molar-refractivity contribution is 0.0989. The van der Waals surface area contributed by atoms with Crippen molar-refractivity contribution in [2.45, 2.75) is 11.3 Å². The Morgan fingerprint density at radius 3 is 2.71 bits per heavy atom. The van der Waals surface area contributed by atoms with Crippen LogP contribution in [0.5, 0.6) is 0 Å². The third-order valence-electron chi connectivity index (χ3n) is 3.37. The van der Waals surface area contributed by atoms with E-state index in [2.05, 4.69) is 0 Å². The van der Waals surface area contributed by atoms with E-state index in [0.29, 0.717) is 18.7 Å². The first-order chi connectivity index (χ1) is 9.88. The van der Waals surface area contributed by atoms with Crippen LogP contribution in [-0.4, -0.2) is 20.9 Å². The third-order valence-corrected chi connectivity index (χ3v) is 4.57. The van der Waals surface area contributed by atoms with E-state index in [-0.39, 0.29) is 21.6 Å². The molecular formula is C13H11ClN2O4S. The molecule has 21 heavy (non-hydrogen) atoms. The number of hydrogen-bond donors (Lipinski definition) is 1. The number of anilines is 1. The molecule has 3 rings (SSSR count). The van der Waals surface area contributed by atoms with Crippen LogP contribution < -0.4 is 10.0 Å². The van der Waals surface area contributed by atoms with Gasteiger partial charge in [-0.3, -0.25) is 4.79 Å².